The first kappa shape index (κ1) is 14.0. The van der Waals surface area contributed by atoms with E-state index in [0.717, 1.165) is 11.8 Å². The van der Waals surface area contributed by atoms with Gasteiger partial charge in [-0.25, -0.2) is 0 Å². The largest absolute Gasteiger partial charge is 0.323 e. The maximum Gasteiger partial charge on any atom is 0.0418 e. The Morgan fingerprint density at radius 3 is 2.63 bits per heavy atom. The quantitative estimate of drug-likeness (QED) is 0.862. The number of hydrogen-bond acceptors (Lipinski definition) is 3. The third-order valence-electron chi connectivity index (χ3n) is 4.70. The van der Waals surface area contributed by atoms with Crippen molar-refractivity contribution in [2.75, 3.05) is 5.75 Å². The van der Waals surface area contributed by atoms with Crippen molar-refractivity contribution in [3.8, 4) is 0 Å². The molecule has 0 radical (unpaired) electrons. The lowest BCUT2D eigenvalue weighted by atomic mass is 9.73. The van der Waals surface area contributed by atoms with Crippen LogP contribution in [0.1, 0.15) is 54.5 Å². The SMILES string of the molecule is CC1CC(C)CC(C(N)c2cc3c(s2)CCSC3)C1. The number of hydrogen-bond donors (Lipinski definition) is 1. The lowest BCUT2D eigenvalue weighted by molar-refractivity contribution is 0.194. The molecule has 106 valence electrons. The summed E-state index contributed by atoms with van der Waals surface area (Å²) in [7, 11) is 0. The average molecular weight is 296 g/mol. The third-order valence-corrected chi connectivity index (χ3v) is 7.04. The standard InChI is InChI=1S/C16H25NS2/c1-10-5-11(2)7-12(6-10)16(17)15-8-13-9-18-4-3-14(13)19-15/h8,10-12,16H,3-7,9,17H2,1-2H3. The van der Waals surface area contributed by atoms with Crippen LogP contribution < -0.4 is 5.73 Å². The number of nitrogens with two attached hydrogens (primary N) is 1. The van der Waals surface area contributed by atoms with Crippen molar-refractivity contribution in [1.29, 1.82) is 0 Å². The molecule has 3 heteroatoms. The molecule has 2 N–H and O–H groups in total. The van der Waals surface area contributed by atoms with Crippen LogP contribution >= 0.6 is 23.1 Å². The highest BCUT2D eigenvalue weighted by molar-refractivity contribution is 7.98. The monoisotopic (exact) mass is 295 g/mol. The van der Waals surface area contributed by atoms with E-state index in [9.17, 15) is 0 Å². The number of rotatable bonds is 2. The first-order valence-corrected chi connectivity index (χ1v) is 9.55. The number of thiophene rings is 1. The Hall–Kier alpha value is 0.01000. The predicted molar refractivity (Wildman–Crippen MR) is 86.8 cm³/mol. The van der Waals surface area contributed by atoms with Crippen molar-refractivity contribution in [3.63, 3.8) is 0 Å². The molecule has 1 aliphatic carbocycles. The minimum Gasteiger partial charge on any atom is -0.323 e. The molecule has 1 nitrogen and oxygen atoms in total. The van der Waals surface area contributed by atoms with E-state index in [1.54, 1.807) is 10.4 Å². The van der Waals surface area contributed by atoms with Crippen molar-refractivity contribution in [2.45, 2.75) is 51.3 Å². The van der Waals surface area contributed by atoms with Crippen molar-refractivity contribution in [2.24, 2.45) is 23.5 Å². The van der Waals surface area contributed by atoms with Crippen molar-refractivity contribution < 1.29 is 0 Å². The molecule has 2 aliphatic rings. The van der Waals surface area contributed by atoms with E-state index in [4.69, 9.17) is 5.73 Å². The lowest BCUT2D eigenvalue weighted by Gasteiger charge is -2.34. The molecular formula is C16H25NS2. The summed E-state index contributed by atoms with van der Waals surface area (Å²) in [6.45, 7) is 4.79. The summed E-state index contributed by atoms with van der Waals surface area (Å²) < 4.78 is 0. The molecule has 2 heterocycles. The second kappa shape index (κ2) is 5.79. The fourth-order valence-electron chi connectivity index (χ4n) is 3.87. The number of aryl methyl sites for hydroxylation is 1. The summed E-state index contributed by atoms with van der Waals surface area (Å²) >= 11 is 4.07. The number of fused-ring (bicyclic) bond motifs is 1. The molecule has 19 heavy (non-hydrogen) atoms. The first-order chi connectivity index (χ1) is 9.13. The van der Waals surface area contributed by atoms with Gasteiger partial charge in [0.25, 0.3) is 0 Å². The summed E-state index contributed by atoms with van der Waals surface area (Å²) in [5, 5.41) is 0. The summed E-state index contributed by atoms with van der Waals surface area (Å²) in [5.74, 6) is 4.90. The summed E-state index contributed by atoms with van der Waals surface area (Å²) in [6, 6.07) is 2.70. The molecule has 0 saturated heterocycles. The fourth-order valence-corrected chi connectivity index (χ4v) is 6.34. The van der Waals surface area contributed by atoms with Crippen LogP contribution in [0, 0.1) is 17.8 Å². The van der Waals surface area contributed by atoms with Crippen molar-refractivity contribution in [1.82, 2.24) is 0 Å². The van der Waals surface area contributed by atoms with Crippen LogP contribution in [-0.2, 0) is 12.2 Å². The zero-order valence-corrected chi connectivity index (χ0v) is 13.7. The normalized spacial score (nSPS) is 32.9. The van der Waals surface area contributed by atoms with Crippen LogP contribution in [0.4, 0.5) is 0 Å². The Morgan fingerprint density at radius 1 is 1.21 bits per heavy atom. The third kappa shape index (κ3) is 3.03. The van der Waals surface area contributed by atoms with Gasteiger partial charge in [-0.3, -0.25) is 0 Å². The Labute approximate surface area is 125 Å². The zero-order valence-electron chi connectivity index (χ0n) is 12.0. The van der Waals surface area contributed by atoms with Crippen LogP contribution in [0.25, 0.3) is 0 Å². The van der Waals surface area contributed by atoms with Gasteiger partial charge < -0.3 is 5.73 Å². The van der Waals surface area contributed by atoms with E-state index in [-0.39, 0.29) is 6.04 Å². The molecule has 0 aromatic carbocycles. The molecule has 0 amide bonds. The van der Waals surface area contributed by atoms with Crippen molar-refractivity contribution >= 4 is 23.1 Å². The highest BCUT2D eigenvalue weighted by Gasteiger charge is 2.30. The van der Waals surface area contributed by atoms with Crippen LogP contribution in [0.5, 0.6) is 0 Å². The molecule has 1 aromatic rings. The first-order valence-electron chi connectivity index (χ1n) is 7.58. The minimum absolute atomic E-state index is 0.283. The van der Waals surface area contributed by atoms with Crippen LogP contribution in [0.3, 0.4) is 0 Å². The van der Waals surface area contributed by atoms with E-state index in [0.29, 0.717) is 5.92 Å². The smallest absolute Gasteiger partial charge is 0.0418 e. The van der Waals surface area contributed by atoms with Gasteiger partial charge in [-0.2, -0.15) is 11.8 Å². The highest BCUT2D eigenvalue weighted by Crippen LogP contribution is 2.42. The van der Waals surface area contributed by atoms with Gasteiger partial charge >= 0.3 is 0 Å². The van der Waals surface area contributed by atoms with Gasteiger partial charge in [0.15, 0.2) is 0 Å². The van der Waals surface area contributed by atoms with E-state index in [2.05, 4.69) is 31.7 Å². The second-order valence-electron chi connectivity index (χ2n) is 6.60. The Balaban J connectivity index is 1.75. The summed E-state index contributed by atoms with van der Waals surface area (Å²) in [6.07, 6.45) is 5.29. The Morgan fingerprint density at radius 2 is 1.95 bits per heavy atom. The minimum atomic E-state index is 0.283. The molecule has 3 atom stereocenters. The molecule has 1 aromatic heterocycles. The number of thioether (sulfide) groups is 1. The molecule has 1 aliphatic heterocycles. The highest BCUT2D eigenvalue weighted by atomic mass is 32.2. The maximum absolute atomic E-state index is 6.61. The zero-order chi connectivity index (χ0) is 13.4. The van der Waals surface area contributed by atoms with Gasteiger partial charge in [0.2, 0.25) is 0 Å². The van der Waals surface area contributed by atoms with Crippen LogP contribution in [0.2, 0.25) is 0 Å². The van der Waals surface area contributed by atoms with Crippen LogP contribution in [0.15, 0.2) is 6.07 Å². The van der Waals surface area contributed by atoms with Gasteiger partial charge in [0.1, 0.15) is 0 Å². The van der Waals surface area contributed by atoms with E-state index in [1.807, 2.05) is 11.3 Å². The molecule has 3 rings (SSSR count). The topological polar surface area (TPSA) is 26.0 Å². The summed E-state index contributed by atoms with van der Waals surface area (Å²) in [4.78, 5) is 3.07. The average Bonchev–Trinajstić information content (AvgIpc) is 2.80. The Bertz CT molecular complexity index is 406. The molecule has 1 fully saturated rings. The van der Waals surface area contributed by atoms with E-state index in [1.165, 1.54) is 42.1 Å². The molecule has 1 saturated carbocycles. The molecule has 3 unspecified atom stereocenters. The molecular weight excluding hydrogens is 270 g/mol. The summed E-state index contributed by atoms with van der Waals surface area (Å²) in [5.41, 5.74) is 8.18. The van der Waals surface area contributed by atoms with Gasteiger partial charge in [-0.05, 0) is 60.8 Å². The van der Waals surface area contributed by atoms with E-state index < -0.39 is 0 Å². The lowest BCUT2D eigenvalue weighted by Crippen LogP contribution is -2.28. The second-order valence-corrected chi connectivity index (χ2v) is 8.88. The van der Waals surface area contributed by atoms with Gasteiger partial charge in [0.05, 0.1) is 0 Å². The fraction of sp³-hybridized carbons (Fsp3) is 0.750. The van der Waals surface area contributed by atoms with Gasteiger partial charge in [-0.15, -0.1) is 11.3 Å². The van der Waals surface area contributed by atoms with Crippen molar-refractivity contribution in [3.05, 3.63) is 21.4 Å². The molecule has 0 bridgehead atoms. The van der Waals surface area contributed by atoms with Gasteiger partial charge in [0, 0.05) is 21.5 Å². The van der Waals surface area contributed by atoms with Crippen LogP contribution in [-0.4, -0.2) is 5.75 Å². The Kier molecular flexibility index (Phi) is 4.25. The van der Waals surface area contributed by atoms with E-state index >= 15 is 0 Å². The maximum atomic E-state index is 6.61. The van der Waals surface area contributed by atoms with Gasteiger partial charge in [-0.1, -0.05) is 13.8 Å². The molecule has 0 spiro atoms. The predicted octanol–water partition coefficient (Wildman–Crippen LogP) is 4.61.